The van der Waals surface area contributed by atoms with Gasteiger partial charge in [-0.3, -0.25) is 4.79 Å². The molecule has 2 aromatic carbocycles. The van der Waals surface area contributed by atoms with Crippen molar-refractivity contribution in [3.8, 4) is 17.6 Å². The van der Waals surface area contributed by atoms with E-state index < -0.39 is 0 Å². The minimum atomic E-state index is -0.130. The molecule has 130 valence electrons. The van der Waals surface area contributed by atoms with Gasteiger partial charge in [0.15, 0.2) is 0 Å². The second kappa shape index (κ2) is 8.20. The van der Waals surface area contributed by atoms with E-state index in [9.17, 15) is 4.79 Å². The Hall–Kier alpha value is -3.00. The maximum absolute atomic E-state index is 13.1. The van der Waals surface area contributed by atoms with Crippen LogP contribution in [-0.4, -0.2) is 31.1 Å². The van der Waals surface area contributed by atoms with E-state index in [1.807, 2.05) is 26.0 Å². The summed E-state index contributed by atoms with van der Waals surface area (Å²) in [5.41, 5.74) is 2.02. The second-order valence-corrected chi connectivity index (χ2v) is 5.90. The predicted octanol–water partition coefficient (Wildman–Crippen LogP) is 3.63. The van der Waals surface area contributed by atoms with Gasteiger partial charge in [0.1, 0.15) is 11.5 Å². The highest BCUT2D eigenvalue weighted by Gasteiger charge is 2.23. The van der Waals surface area contributed by atoms with Crippen molar-refractivity contribution in [2.24, 2.45) is 0 Å². The van der Waals surface area contributed by atoms with Crippen LogP contribution in [0, 0.1) is 11.3 Å². The van der Waals surface area contributed by atoms with E-state index in [1.165, 1.54) is 0 Å². The Morgan fingerprint density at radius 2 is 1.80 bits per heavy atom. The number of carbonyl (C=O) groups excluding carboxylic acids is 1. The third kappa shape index (κ3) is 4.30. The molecule has 0 unspecified atom stereocenters. The average Bonchev–Trinajstić information content (AvgIpc) is 2.65. The largest absolute Gasteiger partial charge is 0.497 e. The molecule has 0 heterocycles. The molecule has 1 amide bonds. The van der Waals surface area contributed by atoms with Crippen LogP contribution in [0.3, 0.4) is 0 Å². The molecule has 5 nitrogen and oxygen atoms in total. The number of benzene rings is 2. The first-order chi connectivity index (χ1) is 12.0. The summed E-state index contributed by atoms with van der Waals surface area (Å²) < 4.78 is 10.6. The highest BCUT2D eigenvalue weighted by atomic mass is 16.5. The summed E-state index contributed by atoms with van der Waals surface area (Å²) in [7, 11) is 3.10. The van der Waals surface area contributed by atoms with Gasteiger partial charge in [0, 0.05) is 12.6 Å². The fourth-order valence-corrected chi connectivity index (χ4v) is 2.51. The van der Waals surface area contributed by atoms with Gasteiger partial charge in [-0.1, -0.05) is 12.1 Å². The van der Waals surface area contributed by atoms with Gasteiger partial charge in [0.2, 0.25) is 0 Å². The van der Waals surface area contributed by atoms with Crippen molar-refractivity contribution in [3.63, 3.8) is 0 Å². The van der Waals surface area contributed by atoms with Crippen molar-refractivity contribution in [3.05, 3.63) is 59.2 Å². The highest BCUT2D eigenvalue weighted by molar-refractivity contribution is 5.97. The lowest BCUT2D eigenvalue weighted by Gasteiger charge is -2.28. The van der Waals surface area contributed by atoms with Crippen molar-refractivity contribution in [1.82, 2.24) is 4.90 Å². The zero-order chi connectivity index (χ0) is 18.4. The molecule has 2 rings (SSSR count). The molecule has 0 spiro atoms. The molecular weight excluding hydrogens is 316 g/mol. The Balaban J connectivity index is 2.33. The molecule has 0 radical (unpaired) electrons. The van der Waals surface area contributed by atoms with Crippen molar-refractivity contribution in [2.75, 3.05) is 14.2 Å². The molecule has 0 N–H and O–H groups in total. The standard InChI is InChI=1S/C20H22N2O3/c1-14(2)22(13-16-7-5-15(12-21)6-8-16)20(23)18-11-17(24-3)9-10-19(18)25-4/h5-11,14H,13H2,1-4H3. The maximum Gasteiger partial charge on any atom is 0.258 e. The average molecular weight is 338 g/mol. The maximum atomic E-state index is 13.1. The van der Waals surface area contributed by atoms with Crippen molar-refractivity contribution in [1.29, 1.82) is 5.26 Å². The Morgan fingerprint density at radius 3 is 2.32 bits per heavy atom. The van der Waals surface area contributed by atoms with Crippen molar-refractivity contribution in [2.45, 2.75) is 26.4 Å². The summed E-state index contributed by atoms with van der Waals surface area (Å²) in [5, 5.41) is 8.90. The predicted molar refractivity (Wildman–Crippen MR) is 95.7 cm³/mol. The van der Waals surface area contributed by atoms with Gasteiger partial charge in [-0.05, 0) is 49.7 Å². The van der Waals surface area contributed by atoms with E-state index >= 15 is 0 Å². The molecule has 25 heavy (non-hydrogen) atoms. The fraction of sp³-hybridized carbons (Fsp3) is 0.300. The quantitative estimate of drug-likeness (QED) is 0.807. The van der Waals surface area contributed by atoms with E-state index in [2.05, 4.69) is 6.07 Å². The lowest BCUT2D eigenvalue weighted by Crippen LogP contribution is -2.36. The smallest absolute Gasteiger partial charge is 0.258 e. The molecule has 0 aliphatic rings. The number of hydrogen-bond donors (Lipinski definition) is 0. The van der Waals surface area contributed by atoms with Crippen LogP contribution in [0.15, 0.2) is 42.5 Å². The number of nitrogens with zero attached hydrogens (tertiary/aromatic N) is 2. The number of amides is 1. The van der Waals surface area contributed by atoms with Crippen LogP contribution >= 0.6 is 0 Å². The summed E-state index contributed by atoms with van der Waals surface area (Å²) in [6.07, 6.45) is 0. The van der Waals surface area contributed by atoms with Gasteiger partial charge in [-0.2, -0.15) is 5.26 Å². The number of hydrogen-bond acceptors (Lipinski definition) is 4. The lowest BCUT2D eigenvalue weighted by molar-refractivity contribution is 0.0686. The number of nitriles is 1. The number of methoxy groups -OCH3 is 2. The molecular formula is C20H22N2O3. The normalized spacial score (nSPS) is 10.2. The van der Waals surface area contributed by atoms with Gasteiger partial charge in [-0.25, -0.2) is 0 Å². The van der Waals surface area contributed by atoms with Gasteiger partial charge >= 0.3 is 0 Å². The van der Waals surface area contributed by atoms with Crippen LogP contribution in [-0.2, 0) is 6.54 Å². The zero-order valence-electron chi connectivity index (χ0n) is 14.9. The summed E-state index contributed by atoms with van der Waals surface area (Å²) in [4.78, 5) is 14.9. The minimum Gasteiger partial charge on any atom is -0.497 e. The lowest BCUT2D eigenvalue weighted by atomic mass is 10.1. The van der Waals surface area contributed by atoms with E-state index in [0.717, 1.165) is 5.56 Å². The van der Waals surface area contributed by atoms with Crippen LogP contribution < -0.4 is 9.47 Å². The van der Waals surface area contributed by atoms with Crippen LogP contribution in [0.2, 0.25) is 0 Å². The third-order valence-electron chi connectivity index (χ3n) is 3.96. The third-order valence-corrected chi connectivity index (χ3v) is 3.96. The topological polar surface area (TPSA) is 62.6 Å². The van der Waals surface area contributed by atoms with Crippen LogP contribution in [0.5, 0.6) is 11.5 Å². The Kier molecular flexibility index (Phi) is 6.02. The van der Waals surface area contributed by atoms with Gasteiger partial charge in [0.05, 0.1) is 31.4 Å². The monoisotopic (exact) mass is 338 g/mol. The summed E-state index contributed by atoms with van der Waals surface area (Å²) in [6, 6.07) is 14.5. The number of carbonyl (C=O) groups is 1. The second-order valence-electron chi connectivity index (χ2n) is 5.90. The first kappa shape index (κ1) is 18.3. The van der Waals surface area contributed by atoms with E-state index in [-0.39, 0.29) is 11.9 Å². The van der Waals surface area contributed by atoms with E-state index in [1.54, 1.807) is 49.5 Å². The van der Waals surface area contributed by atoms with Crippen LogP contribution in [0.25, 0.3) is 0 Å². The molecule has 0 aromatic heterocycles. The number of rotatable bonds is 6. The van der Waals surface area contributed by atoms with Gasteiger partial charge in [-0.15, -0.1) is 0 Å². The molecule has 5 heteroatoms. The molecule has 0 saturated carbocycles. The zero-order valence-corrected chi connectivity index (χ0v) is 14.9. The number of ether oxygens (including phenoxy) is 2. The Morgan fingerprint density at radius 1 is 1.12 bits per heavy atom. The minimum absolute atomic E-state index is 0.000879. The van der Waals surface area contributed by atoms with Crippen molar-refractivity contribution >= 4 is 5.91 Å². The molecule has 0 aliphatic carbocycles. The molecule has 0 saturated heterocycles. The van der Waals surface area contributed by atoms with Crippen molar-refractivity contribution < 1.29 is 14.3 Å². The summed E-state index contributed by atoms with van der Waals surface area (Å²) in [5.74, 6) is 0.984. The van der Waals surface area contributed by atoms with E-state index in [4.69, 9.17) is 14.7 Å². The SMILES string of the molecule is COc1ccc(OC)c(C(=O)N(Cc2ccc(C#N)cc2)C(C)C)c1. The summed E-state index contributed by atoms with van der Waals surface area (Å²) in [6.45, 7) is 4.38. The Bertz CT molecular complexity index is 777. The molecule has 2 aromatic rings. The fourth-order valence-electron chi connectivity index (χ4n) is 2.51. The first-order valence-electron chi connectivity index (χ1n) is 8.02. The van der Waals surface area contributed by atoms with Gasteiger partial charge < -0.3 is 14.4 Å². The molecule has 0 fully saturated rings. The van der Waals surface area contributed by atoms with Gasteiger partial charge in [0.25, 0.3) is 5.91 Å². The molecule has 0 atom stereocenters. The molecule has 0 bridgehead atoms. The highest BCUT2D eigenvalue weighted by Crippen LogP contribution is 2.26. The van der Waals surface area contributed by atoms with Crippen LogP contribution in [0.4, 0.5) is 0 Å². The van der Waals surface area contributed by atoms with Crippen LogP contribution in [0.1, 0.15) is 35.3 Å². The summed E-state index contributed by atoms with van der Waals surface area (Å²) >= 11 is 0. The molecule has 0 aliphatic heterocycles. The Labute approximate surface area is 148 Å². The van der Waals surface area contributed by atoms with E-state index in [0.29, 0.717) is 29.2 Å². The first-order valence-corrected chi connectivity index (χ1v) is 8.02.